The summed E-state index contributed by atoms with van der Waals surface area (Å²) in [4.78, 5) is 2.48. The van der Waals surface area contributed by atoms with E-state index in [4.69, 9.17) is 33.0 Å². The van der Waals surface area contributed by atoms with Gasteiger partial charge in [0.15, 0.2) is 0 Å². The molecule has 2 heterocycles. The lowest BCUT2D eigenvalue weighted by atomic mass is 10.2. The third-order valence-electron chi connectivity index (χ3n) is 4.48. The summed E-state index contributed by atoms with van der Waals surface area (Å²) in [5, 5.41) is 5.97. The predicted octanol–water partition coefficient (Wildman–Crippen LogP) is 4.53. The van der Waals surface area contributed by atoms with Gasteiger partial charge in [0.05, 0.1) is 28.6 Å². The Morgan fingerprint density at radius 2 is 1.88 bits per heavy atom. The van der Waals surface area contributed by atoms with Crippen molar-refractivity contribution in [2.45, 2.75) is 45.8 Å². The van der Waals surface area contributed by atoms with Crippen molar-refractivity contribution in [3.05, 3.63) is 45.7 Å². The predicted molar refractivity (Wildman–Crippen MR) is 103 cm³/mol. The molecule has 136 valence electrons. The van der Waals surface area contributed by atoms with Crippen molar-refractivity contribution in [1.29, 1.82) is 0 Å². The average Bonchev–Trinajstić information content (AvgIpc) is 2.87. The molecule has 1 aromatic carbocycles. The number of rotatable bonds is 5. The number of benzene rings is 1. The summed E-state index contributed by atoms with van der Waals surface area (Å²) in [7, 11) is 0. The van der Waals surface area contributed by atoms with Gasteiger partial charge in [-0.15, -0.1) is 0 Å². The van der Waals surface area contributed by atoms with Crippen molar-refractivity contribution in [3.8, 4) is 5.69 Å². The summed E-state index contributed by atoms with van der Waals surface area (Å²) in [5.41, 5.74) is 3.04. The van der Waals surface area contributed by atoms with Gasteiger partial charge >= 0.3 is 0 Å². The van der Waals surface area contributed by atoms with Crippen molar-refractivity contribution >= 4 is 23.2 Å². The molecular formula is C19H25Cl2N3O. The fourth-order valence-electron chi connectivity index (χ4n) is 3.51. The number of ether oxygens (including phenoxy) is 1. The average molecular weight is 382 g/mol. The molecule has 0 spiro atoms. The molecule has 1 aromatic heterocycles. The van der Waals surface area contributed by atoms with Gasteiger partial charge in [-0.05, 0) is 64.4 Å². The number of nitrogens with zero attached hydrogens (tertiary/aromatic N) is 3. The zero-order valence-corrected chi connectivity index (χ0v) is 16.5. The van der Waals surface area contributed by atoms with Gasteiger partial charge in [0, 0.05) is 23.8 Å². The van der Waals surface area contributed by atoms with Crippen LogP contribution in [0.25, 0.3) is 5.69 Å². The maximum atomic E-state index is 6.31. The lowest BCUT2D eigenvalue weighted by Crippen LogP contribution is -2.45. The number of aryl methyl sites for hydroxylation is 2. The second kappa shape index (κ2) is 8.09. The van der Waals surface area contributed by atoms with E-state index in [1.165, 1.54) is 0 Å². The van der Waals surface area contributed by atoms with Crippen LogP contribution in [0.1, 0.15) is 31.7 Å². The molecule has 0 N–H and O–H groups in total. The van der Waals surface area contributed by atoms with Gasteiger partial charge in [-0.3, -0.25) is 4.90 Å². The van der Waals surface area contributed by atoms with Crippen LogP contribution in [0.4, 0.5) is 0 Å². The third kappa shape index (κ3) is 4.76. The molecule has 3 rings (SSSR count). The van der Waals surface area contributed by atoms with Gasteiger partial charge in [0.2, 0.25) is 0 Å². The highest BCUT2D eigenvalue weighted by Crippen LogP contribution is 2.25. The summed E-state index contributed by atoms with van der Waals surface area (Å²) >= 11 is 12.3. The number of hydrogen-bond acceptors (Lipinski definition) is 3. The van der Waals surface area contributed by atoms with E-state index in [2.05, 4.69) is 24.8 Å². The van der Waals surface area contributed by atoms with Crippen molar-refractivity contribution in [3.63, 3.8) is 0 Å². The van der Waals surface area contributed by atoms with Crippen LogP contribution in [0.3, 0.4) is 0 Å². The Morgan fingerprint density at radius 1 is 1.16 bits per heavy atom. The largest absolute Gasteiger partial charge is 0.373 e. The first-order valence-electron chi connectivity index (χ1n) is 8.81. The number of aromatic nitrogens is 2. The monoisotopic (exact) mass is 381 g/mol. The Labute approximate surface area is 159 Å². The molecule has 0 amide bonds. The van der Waals surface area contributed by atoms with Gasteiger partial charge in [0.1, 0.15) is 0 Å². The first kappa shape index (κ1) is 18.7. The Hall–Kier alpha value is -1.07. The second-order valence-electron chi connectivity index (χ2n) is 6.91. The maximum absolute atomic E-state index is 6.31. The van der Waals surface area contributed by atoms with E-state index in [1.54, 1.807) is 6.07 Å². The molecular weight excluding hydrogens is 357 g/mol. The molecule has 4 nitrogen and oxygen atoms in total. The molecule has 0 radical (unpaired) electrons. The van der Waals surface area contributed by atoms with Gasteiger partial charge in [-0.25, -0.2) is 4.68 Å². The number of halogens is 2. The lowest BCUT2D eigenvalue weighted by Gasteiger charge is -2.35. The van der Waals surface area contributed by atoms with Crippen LogP contribution in [0.15, 0.2) is 24.3 Å². The molecule has 0 aliphatic carbocycles. The SMILES string of the molecule is Cc1cc(CCCN2CC(C)OC(C)C2)nn1-c1ccc(Cl)cc1Cl. The second-order valence-corrected chi connectivity index (χ2v) is 7.75. The van der Waals surface area contributed by atoms with Crippen molar-refractivity contribution in [1.82, 2.24) is 14.7 Å². The quantitative estimate of drug-likeness (QED) is 0.761. The van der Waals surface area contributed by atoms with Crippen LogP contribution in [0, 0.1) is 6.92 Å². The molecule has 2 unspecified atom stereocenters. The Bertz CT molecular complexity index is 721. The molecule has 1 fully saturated rings. The zero-order valence-electron chi connectivity index (χ0n) is 15.0. The lowest BCUT2D eigenvalue weighted by molar-refractivity contribution is -0.0680. The first-order chi connectivity index (χ1) is 11.9. The van der Waals surface area contributed by atoms with Crippen molar-refractivity contribution in [2.75, 3.05) is 19.6 Å². The topological polar surface area (TPSA) is 30.3 Å². The summed E-state index contributed by atoms with van der Waals surface area (Å²) in [6, 6.07) is 7.63. The highest BCUT2D eigenvalue weighted by molar-refractivity contribution is 6.35. The van der Waals surface area contributed by atoms with Gasteiger partial charge in [-0.1, -0.05) is 23.2 Å². The fraction of sp³-hybridized carbons (Fsp3) is 0.526. The number of hydrogen-bond donors (Lipinski definition) is 0. The van der Waals surface area contributed by atoms with Gasteiger partial charge in [-0.2, -0.15) is 5.10 Å². The van der Waals surface area contributed by atoms with Crippen LogP contribution in [-0.4, -0.2) is 46.5 Å². The van der Waals surface area contributed by atoms with Gasteiger partial charge < -0.3 is 4.74 Å². The molecule has 6 heteroatoms. The molecule has 25 heavy (non-hydrogen) atoms. The van der Waals surface area contributed by atoms with E-state index in [9.17, 15) is 0 Å². The Kier molecular flexibility index (Phi) is 6.05. The minimum absolute atomic E-state index is 0.317. The van der Waals surface area contributed by atoms with E-state index in [1.807, 2.05) is 23.7 Å². The Balaban J connectivity index is 1.61. The summed E-state index contributed by atoms with van der Waals surface area (Å²) in [6.07, 6.45) is 2.68. The van der Waals surface area contributed by atoms with E-state index < -0.39 is 0 Å². The first-order valence-corrected chi connectivity index (χ1v) is 9.56. The van der Waals surface area contributed by atoms with Crippen LogP contribution >= 0.6 is 23.2 Å². The molecule has 2 atom stereocenters. The smallest absolute Gasteiger partial charge is 0.0835 e. The normalized spacial score (nSPS) is 21.6. The van der Waals surface area contributed by atoms with E-state index in [0.29, 0.717) is 22.3 Å². The Morgan fingerprint density at radius 3 is 2.56 bits per heavy atom. The van der Waals surface area contributed by atoms with E-state index in [-0.39, 0.29) is 0 Å². The van der Waals surface area contributed by atoms with Crippen LogP contribution < -0.4 is 0 Å². The molecule has 1 aliphatic heterocycles. The van der Waals surface area contributed by atoms with Gasteiger partial charge in [0.25, 0.3) is 0 Å². The summed E-state index contributed by atoms with van der Waals surface area (Å²) < 4.78 is 7.69. The van der Waals surface area contributed by atoms with Crippen LogP contribution in [-0.2, 0) is 11.2 Å². The molecule has 0 bridgehead atoms. The standard InChI is InChI=1S/C19H25Cl2N3O/c1-13-9-17(5-4-8-23-11-14(2)25-15(3)12-23)22-24(13)19-7-6-16(20)10-18(19)21/h6-7,9-10,14-15H,4-5,8,11-12H2,1-3H3. The summed E-state index contributed by atoms with van der Waals surface area (Å²) in [5.74, 6) is 0. The van der Waals surface area contributed by atoms with Crippen LogP contribution in [0.5, 0.6) is 0 Å². The highest BCUT2D eigenvalue weighted by Gasteiger charge is 2.21. The van der Waals surface area contributed by atoms with Crippen LogP contribution in [0.2, 0.25) is 10.0 Å². The minimum Gasteiger partial charge on any atom is -0.373 e. The fourth-order valence-corrected chi connectivity index (χ4v) is 4.00. The molecule has 2 aromatic rings. The maximum Gasteiger partial charge on any atom is 0.0835 e. The third-order valence-corrected chi connectivity index (χ3v) is 5.02. The zero-order chi connectivity index (χ0) is 18.0. The summed E-state index contributed by atoms with van der Waals surface area (Å²) in [6.45, 7) is 9.43. The van der Waals surface area contributed by atoms with E-state index in [0.717, 1.165) is 49.6 Å². The molecule has 1 saturated heterocycles. The van der Waals surface area contributed by atoms with Crippen molar-refractivity contribution < 1.29 is 4.74 Å². The number of morpholine rings is 1. The van der Waals surface area contributed by atoms with Crippen molar-refractivity contribution in [2.24, 2.45) is 0 Å². The minimum atomic E-state index is 0.317. The van der Waals surface area contributed by atoms with E-state index >= 15 is 0 Å². The molecule has 0 saturated carbocycles. The molecule has 1 aliphatic rings. The highest BCUT2D eigenvalue weighted by atomic mass is 35.5.